The molecule has 0 spiro atoms. The second-order valence-corrected chi connectivity index (χ2v) is 10.5. The van der Waals surface area contributed by atoms with E-state index in [2.05, 4.69) is 16.0 Å². The Morgan fingerprint density at radius 1 is 0.913 bits per heavy atom. The maximum Gasteiger partial charge on any atom is 0.490 e. The number of benzene rings is 2. The van der Waals surface area contributed by atoms with Crippen molar-refractivity contribution in [3.8, 4) is 5.75 Å². The number of alkyl halides is 3. The summed E-state index contributed by atoms with van der Waals surface area (Å²) in [4.78, 5) is 59.5. The van der Waals surface area contributed by atoms with Crippen LogP contribution in [0.2, 0.25) is 0 Å². The van der Waals surface area contributed by atoms with Gasteiger partial charge in [-0.05, 0) is 54.5 Å². The van der Waals surface area contributed by atoms with E-state index in [-0.39, 0.29) is 31.6 Å². The number of phenols is 1. The van der Waals surface area contributed by atoms with Crippen molar-refractivity contribution in [2.45, 2.75) is 75.8 Å². The van der Waals surface area contributed by atoms with Gasteiger partial charge in [-0.2, -0.15) is 13.2 Å². The van der Waals surface area contributed by atoms with E-state index in [4.69, 9.17) is 15.6 Å². The van der Waals surface area contributed by atoms with Crippen LogP contribution < -0.4 is 21.7 Å². The van der Waals surface area contributed by atoms with Crippen LogP contribution in [0, 0.1) is 0 Å². The van der Waals surface area contributed by atoms with E-state index in [1.54, 1.807) is 36.4 Å². The third kappa shape index (κ3) is 13.4. The number of hydrogen-bond acceptors (Lipinski definition) is 7. The van der Waals surface area contributed by atoms with Gasteiger partial charge in [-0.25, -0.2) is 4.79 Å². The van der Waals surface area contributed by atoms with Gasteiger partial charge in [0.05, 0.1) is 12.5 Å². The number of nitrogens with two attached hydrogens (primary N) is 1. The molecule has 0 saturated carbocycles. The van der Waals surface area contributed by atoms with Crippen LogP contribution in [0.4, 0.5) is 13.2 Å². The van der Waals surface area contributed by atoms with Gasteiger partial charge in [0.2, 0.25) is 17.7 Å². The van der Waals surface area contributed by atoms with E-state index in [0.29, 0.717) is 23.1 Å². The van der Waals surface area contributed by atoms with Gasteiger partial charge < -0.3 is 37.0 Å². The van der Waals surface area contributed by atoms with E-state index in [9.17, 15) is 42.6 Å². The Hall–Kier alpha value is -4.92. The lowest BCUT2D eigenvalue weighted by Gasteiger charge is -2.24. The molecule has 3 rings (SSSR count). The number of halogens is 3. The lowest BCUT2D eigenvalue weighted by atomic mass is 10.0. The summed E-state index contributed by atoms with van der Waals surface area (Å²) in [7, 11) is 0. The van der Waals surface area contributed by atoms with Crippen LogP contribution in [0.15, 0.2) is 60.7 Å². The fraction of sp³-hybridized carbons (Fsp3) is 0.387. The zero-order valence-electron chi connectivity index (χ0n) is 24.8. The first-order valence-corrected chi connectivity index (χ1v) is 14.3. The van der Waals surface area contributed by atoms with Crippen LogP contribution >= 0.6 is 0 Å². The highest BCUT2D eigenvalue weighted by molar-refractivity contribution is 5.93. The number of carboxylic acid groups (broad SMARTS) is 2. The predicted molar refractivity (Wildman–Crippen MR) is 159 cm³/mol. The summed E-state index contributed by atoms with van der Waals surface area (Å²) >= 11 is 0. The molecule has 15 heteroatoms. The molecular weight excluding hydrogens is 613 g/mol. The number of carboxylic acids is 2. The number of hydrogen-bond donors (Lipinski definition) is 7. The highest BCUT2D eigenvalue weighted by Gasteiger charge is 2.38. The molecule has 0 fully saturated rings. The molecule has 12 nitrogen and oxygen atoms in total. The molecule has 0 aliphatic carbocycles. The molecule has 0 radical (unpaired) electrons. The van der Waals surface area contributed by atoms with Crippen molar-refractivity contribution in [3.05, 3.63) is 77.4 Å². The Morgan fingerprint density at radius 3 is 2.15 bits per heavy atom. The van der Waals surface area contributed by atoms with Crippen molar-refractivity contribution in [2.24, 2.45) is 5.73 Å². The summed E-state index contributed by atoms with van der Waals surface area (Å²) in [6.45, 7) is 0.0981. The first kappa shape index (κ1) is 37.3. The molecule has 0 bridgehead atoms. The molecule has 2 aromatic rings. The van der Waals surface area contributed by atoms with E-state index in [1.165, 1.54) is 12.1 Å². The van der Waals surface area contributed by atoms with Crippen LogP contribution in [-0.4, -0.2) is 69.3 Å². The Balaban J connectivity index is 0.000000942. The summed E-state index contributed by atoms with van der Waals surface area (Å²) in [6.07, 6.45) is 1.73. The third-order valence-corrected chi connectivity index (χ3v) is 6.81. The number of nitrogens with one attached hydrogen (secondary N) is 3. The number of carbonyl (C=O) groups is 5. The quantitative estimate of drug-likeness (QED) is 0.219. The smallest absolute Gasteiger partial charge is 0.490 e. The number of rotatable bonds is 7. The van der Waals surface area contributed by atoms with Gasteiger partial charge in [0.25, 0.3) is 0 Å². The molecule has 250 valence electrons. The standard InChI is InChI=1S/C29H36N4O6.C2HF3O2/c30-23-10-4-2-1-3-5-11-24(28(38)31-18-21-9-7-6-8-20(21)17-26(35)36)32-29(39)25(33-27(23)37)16-19-12-14-22(34)15-13-19;3-2(4,5)1(6)7/h3,5-9,12-15,23-25,34H,1-2,4,10-11,16-18,30H2,(H,31,38)(H,32,39)(H,33,37)(H,35,36);(H,6,7)/b5-3+;/t23-,24-,25-;/m0./s1. The summed E-state index contributed by atoms with van der Waals surface area (Å²) in [5.41, 5.74) is 8.03. The monoisotopic (exact) mass is 650 g/mol. The molecule has 1 aliphatic heterocycles. The topological polar surface area (TPSA) is 208 Å². The molecule has 46 heavy (non-hydrogen) atoms. The number of allylic oxidation sites excluding steroid dienone is 1. The first-order chi connectivity index (χ1) is 21.7. The molecule has 1 heterocycles. The number of aromatic hydroxyl groups is 1. The van der Waals surface area contributed by atoms with Gasteiger partial charge in [0, 0.05) is 13.0 Å². The molecule has 2 aromatic carbocycles. The fourth-order valence-corrected chi connectivity index (χ4v) is 4.34. The molecule has 1 aliphatic rings. The van der Waals surface area contributed by atoms with E-state index in [1.807, 2.05) is 12.2 Å². The lowest BCUT2D eigenvalue weighted by molar-refractivity contribution is -0.192. The second kappa shape index (κ2) is 18.1. The zero-order valence-corrected chi connectivity index (χ0v) is 24.8. The minimum absolute atomic E-state index is 0.0775. The summed E-state index contributed by atoms with van der Waals surface area (Å²) in [5, 5.41) is 34.2. The average molecular weight is 651 g/mol. The third-order valence-electron chi connectivity index (χ3n) is 6.81. The number of phenolic OH excluding ortho intramolecular Hbond substituents is 1. The minimum atomic E-state index is -5.08. The van der Waals surface area contributed by atoms with Gasteiger partial charge in [0.1, 0.15) is 17.8 Å². The summed E-state index contributed by atoms with van der Waals surface area (Å²) in [6, 6.07) is 10.6. The van der Waals surface area contributed by atoms with Gasteiger partial charge in [-0.3, -0.25) is 19.2 Å². The first-order valence-electron chi connectivity index (χ1n) is 14.3. The van der Waals surface area contributed by atoms with Gasteiger partial charge in [0.15, 0.2) is 0 Å². The number of amides is 3. The predicted octanol–water partition coefficient (Wildman–Crippen LogP) is 2.33. The van der Waals surface area contributed by atoms with Crippen LogP contribution in [0.1, 0.15) is 48.8 Å². The van der Waals surface area contributed by atoms with Crippen molar-refractivity contribution in [3.63, 3.8) is 0 Å². The van der Waals surface area contributed by atoms with Gasteiger partial charge in [-0.15, -0.1) is 0 Å². The molecule has 0 aromatic heterocycles. The molecule has 3 atom stereocenters. The van der Waals surface area contributed by atoms with Crippen LogP contribution in [0.25, 0.3) is 0 Å². The fourth-order valence-electron chi connectivity index (χ4n) is 4.34. The van der Waals surface area contributed by atoms with E-state index in [0.717, 1.165) is 19.3 Å². The second-order valence-electron chi connectivity index (χ2n) is 10.5. The summed E-state index contributed by atoms with van der Waals surface area (Å²) in [5.74, 6) is -5.07. The molecule has 0 saturated heterocycles. The Labute approximate surface area is 262 Å². The maximum absolute atomic E-state index is 13.4. The Bertz CT molecular complexity index is 1380. The summed E-state index contributed by atoms with van der Waals surface area (Å²) < 4.78 is 31.7. The Kier molecular flexibility index (Phi) is 14.7. The van der Waals surface area contributed by atoms with E-state index < -0.39 is 54.0 Å². The van der Waals surface area contributed by atoms with E-state index >= 15 is 0 Å². The number of carbonyl (C=O) groups excluding carboxylic acids is 3. The SMILES string of the molecule is N[C@H]1CCCC/C=C/C[C@@H](C(=O)NCc2ccccc2CC(=O)O)NC(=O)[C@H](Cc2ccc(O)cc2)NC1=O.O=C(O)C(F)(F)F. The molecule has 8 N–H and O–H groups in total. The Morgan fingerprint density at radius 2 is 1.54 bits per heavy atom. The molecule has 3 amide bonds. The van der Waals surface area contributed by atoms with Crippen molar-refractivity contribution in [1.82, 2.24) is 16.0 Å². The minimum Gasteiger partial charge on any atom is -0.508 e. The average Bonchev–Trinajstić information content (AvgIpc) is 2.99. The highest BCUT2D eigenvalue weighted by atomic mass is 19.4. The van der Waals surface area contributed by atoms with Gasteiger partial charge in [-0.1, -0.05) is 55.0 Å². The normalized spacial score (nSPS) is 20.0. The van der Waals surface area contributed by atoms with Crippen molar-refractivity contribution < 1.29 is 52.5 Å². The van der Waals surface area contributed by atoms with Crippen molar-refractivity contribution in [2.75, 3.05) is 0 Å². The van der Waals surface area contributed by atoms with Crippen molar-refractivity contribution in [1.29, 1.82) is 0 Å². The van der Waals surface area contributed by atoms with Crippen molar-refractivity contribution >= 4 is 29.7 Å². The molecular formula is C31H37F3N4O8. The number of aliphatic carboxylic acids is 2. The maximum atomic E-state index is 13.4. The van der Waals surface area contributed by atoms with Crippen LogP contribution in [0.5, 0.6) is 5.75 Å². The van der Waals surface area contributed by atoms with Gasteiger partial charge >= 0.3 is 18.1 Å². The largest absolute Gasteiger partial charge is 0.508 e. The van der Waals surface area contributed by atoms with Crippen LogP contribution in [0.3, 0.4) is 0 Å². The van der Waals surface area contributed by atoms with Crippen LogP contribution in [-0.2, 0) is 43.4 Å². The zero-order chi connectivity index (χ0) is 34.3. The highest BCUT2D eigenvalue weighted by Crippen LogP contribution is 2.14. The lowest BCUT2D eigenvalue weighted by Crippen LogP contribution is -2.56. The molecule has 0 unspecified atom stereocenters.